The molecule has 0 saturated heterocycles. The number of halogens is 2. The van der Waals surface area contributed by atoms with Crippen LogP contribution in [0.15, 0.2) is 27.1 Å². The first kappa shape index (κ1) is 12.2. The Bertz CT molecular complexity index is 292. The highest BCUT2D eigenvalue weighted by atomic mass is 79.9. The van der Waals surface area contributed by atoms with Crippen LogP contribution in [0.4, 0.5) is 0 Å². The number of rotatable bonds is 3. The molecule has 1 unspecified atom stereocenters. The van der Waals surface area contributed by atoms with Crippen LogP contribution in [0.1, 0.15) is 31.9 Å². The minimum Gasteiger partial charge on any atom is -0.324 e. The smallest absolute Gasteiger partial charge is 0.0321 e. The summed E-state index contributed by atoms with van der Waals surface area (Å²) in [7, 11) is 0. The summed E-state index contributed by atoms with van der Waals surface area (Å²) in [5, 5.41) is 0. The van der Waals surface area contributed by atoms with Crippen LogP contribution in [0, 0.1) is 5.92 Å². The van der Waals surface area contributed by atoms with E-state index < -0.39 is 0 Å². The average Bonchev–Trinajstić information content (AvgIpc) is 2.14. The summed E-state index contributed by atoms with van der Waals surface area (Å²) < 4.78 is 2.14. The largest absolute Gasteiger partial charge is 0.324 e. The van der Waals surface area contributed by atoms with Crippen LogP contribution in [-0.2, 0) is 0 Å². The molecule has 0 aliphatic heterocycles. The molecule has 0 saturated carbocycles. The van der Waals surface area contributed by atoms with Gasteiger partial charge in [0.25, 0.3) is 0 Å². The molecule has 0 aromatic heterocycles. The van der Waals surface area contributed by atoms with Crippen molar-refractivity contribution in [2.45, 2.75) is 26.3 Å². The molecule has 0 spiro atoms. The zero-order valence-electron chi connectivity index (χ0n) is 8.43. The van der Waals surface area contributed by atoms with Gasteiger partial charge in [-0.2, -0.15) is 0 Å². The van der Waals surface area contributed by atoms with Crippen molar-refractivity contribution in [1.29, 1.82) is 0 Å². The molecule has 0 heterocycles. The van der Waals surface area contributed by atoms with Crippen molar-refractivity contribution in [3.05, 3.63) is 32.7 Å². The van der Waals surface area contributed by atoms with E-state index in [0.29, 0.717) is 5.92 Å². The summed E-state index contributed by atoms with van der Waals surface area (Å²) >= 11 is 6.93. The van der Waals surface area contributed by atoms with Gasteiger partial charge in [0, 0.05) is 15.0 Å². The second kappa shape index (κ2) is 5.29. The van der Waals surface area contributed by atoms with E-state index in [1.165, 1.54) is 5.56 Å². The van der Waals surface area contributed by atoms with Crippen LogP contribution in [0.2, 0.25) is 0 Å². The first-order valence-corrected chi connectivity index (χ1v) is 6.34. The first-order valence-electron chi connectivity index (χ1n) is 4.76. The highest BCUT2D eigenvalue weighted by molar-refractivity contribution is 9.11. The van der Waals surface area contributed by atoms with E-state index in [2.05, 4.69) is 57.8 Å². The van der Waals surface area contributed by atoms with Crippen LogP contribution >= 0.6 is 31.9 Å². The quantitative estimate of drug-likeness (QED) is 0.884. The number of hydrogen-bond acceptors (Lipinski definition) is 1. The molecule has 78 valence electrons. The minimum absolute atomic E-state index is 0.119. The van der Waals surface area contributed by atoms with E-state index in [4.69, 9.17) is 5.73 Å². The molecule has 2 atom stereocenters. The molecule has 0 amide bonds. The van der Waals surface area contributed by atoms with E-state index in [0.717, 1.165) is 15.4 Å². The standard InChI is InChI=1S/C11H15Br2N/c1-3-7(2)11(14)8-4-9(12)6-10(13)5-8/h4-7,11H,3,14H2,1-2H3/t7?,11-/m1/s1. The van der Waals surface area contributed by atoms with E-state index in [9.17, 15) is 0 Å². The molecule has 14 heavy (non-hydrogen) atoms. The van der Waals surface area contributed by atoms with E-state index in [1.807, 2.05) is 6.07 Å². The molecule has 0 aliphatic rings. The molecule has 1 rings (SSSR count). The van der Waals surface area contributed by atoms with Crippen LogP contribution in [0.3, 0.4) is 0 Å². The van der Waals surface area contributed by atoms with E-state index in [-0.39, 0.29) is 6.04 Å². The second-order valence-electron chi connectivity index (χ2n) is 3.61. The van der Waals surface area contributed by atoms with E-state index in [1.54, 1.807) is 0 Å². The maximum absolute atomic E-state index is 6.15. The first-order chi connectivity index (χ1) is 6.54. The predicted molar refractivity (Wildman–Crippen MR) is 68.2 cm³/mol. The number of benzene rings is 1. The fraction of sp³-hybridized carbons (Fsp3) is 0.455. The molecule has 2 N–H and O–H groups in total. The average molecular weight is 321 g/mol. The van der Waals surface area contributed by atoms with Gasteiger partial charge in [-0.05, 0) is 29.7 Å². The molecule has 1 aromatic rings. The lowest BCUT2D eigenvalue weighted by Crippen LogP contribution is -2.18. The van der Waals surface area contributed by atoms with Gasteiger partial charge in [0.05, 0.1) is 0 Å². The lowest BCUT2D eigenvalue weighted by atomic mass is 9.93. The van der Waals surface area contributed by atoms with Gasteiger partial charge in [-0.3, -0.25) is 0 Å². The monoisotopic (exact) mass is 319 g/mol. The Morgan fingerprint density at radius 2 is 1.71 bits per heavy atom. The summed E-state index contributed by atoms with van der Waals surface area (Å²) in [6, 6.07) is 6.31. The molecule has 3 heteroatoms. The second-order valence-corrected chi connectivity index (χ2v) is 5.45. The molecule has 1 nitrogen and oxygen atoms in total. The van der Waals surface area contributed by atoms with Crippen molar-refractivity contribution in [1.82, 2.24) is 0 Å². The van der Waals surface area contributed by atoms with Crippen LogP contribution < -0.4 is 5.73 Å². The highest BCUT2D eigenvalue weighted by Crippen LogP contribution is 2.27. The van der Waals surface area contributed by atoms with Gasteiger partial charge >= 0.3 is 0 Å². The SMILES string of the molecule is CCC(C)[C@@H](N)c1cc(Br)cc(Br)c1. The highest BCUT2D eigenvalue weighted by Gasteiger charge is 2.13. The van der Waals surface area contributed by atoms with Crippen molar-refractivity contribution >= 4 is 31.9 Å². The molecule has 0 fully saturated rings. The molecule has 1 aromatic carbocycles. The minimum atomic E-state index is 0.119. The molecular formula is C11H15Br2N. The van der Waals surface area contributed by atoms with Gasteiger partial charge in [-0.25, -0.2) is 0 Å². The van der Waals surface area contributed by atoms with E-state index >= 15 is 0 Å². The fourth-order valence-corrected chi connectivity index (χ4v) is 2.68. The van der Waals surface area contributed by atoms with Gasteiger partial charge in [-0.1, -0.05) is 52.1 Å². The van der Waals surface area contributed by atoms with Gasteiger partial charge in [0.1, 0.15) is 0 Å². The molecule has 0 bridgehead atoms. The Labute approximate surface area is 102 Å². The summed E-state index contributed by atoms with van der Waals surface area (Å²) in [6.07, 6.45) is 1.10. The zero-order valence-corrected chi connectivity index (χ0v) is 11.6. The predicted octanol–water partition coefficient (Wildman–Crippen LogP) is 4.26. The lowest BCUT2D eigenvalue weighted by Gasteiger charge is -2.19. The van der Waals surface area contributed by atoms with Crippen molar-refractivity contribution in [3.8, 4) is 0 Å². The van der Waals surface area contributed by atoms with Crippen molar-refractivity contribution in [2.75, 3.05) is 0 Å². The Morgan fingerprint density at radius 1 is 1.21 bits per heavy atom. The zero-order chi connectivity index (χ0) is 10.7. The number of nitrogens with two attached hydrogens (primary N) is 1. The maximum Gasteiger partial charge on any atom is 0.0321 e. The molecule has 0 radical (unpaired) electrons. The summed E-state index contributed by atoms with van der Waals surface area (Å²) in [4.78, 5) is 0. The van der Waals surface area contributed by atoms with Crippen molar-refractivity contribution in [3.63, 3.8) is 0 Å². The Balaban J connectivity index is 2.94. The summed E-state index contributed by atoms with van der Waals surface area (Å²) in [6.45, 7) is 4.34. The van der Waals surface area contributed by atoms with Gasteiger partial charge in [0.15, 0.2) is 0 Å². The summed E-state index contributed by atoms with van der Waals surface area (Å²) in [5.74, 6) is 0.510. The fourth-order valence-electron chi connectivity index (χ4n) is 1.35. The summed E-state index contributed by atoms with van der Waals surface area (Å²) in [5.41, 5.74) is 7.33. The van der Waals surface area contributed by atoms with Gasteiger partial charge in [-0.15, -0.1) is 0 Å². The molecule has 0 aliphatic carbocycles. The third kappa shape index (κ3) is 3.07. The Kier molecular flexibility index (Phi) is 4.61. The molecular weight excluding hydrogens is 306 g/mol. The van der Waals surface area contributed by atoms with Crippen LogP contribution in [-0.4, -0.2) is 0 Å². The Hall–Kier alpha value is 0.140. The van der Waals surface area contributed by atoms with Crippen LogP contribution in [0.5, 0.6) is 0 Å². The van der Waals surface area contributed by atoms with Gasteiger partial charge in [0.2, 0.25) is 0 Å². The van der Waals surface area contributed by atoms with Crippen molar-refractivity contribution < 1.29 is 0 Å². The maximum atomic E-state index is 6.15. The van der Waals surface area contributed by atoms with Crippen LogP contribution in [0.25, 0.3) is 0 Å². The normalized spacial score (nSPS) is 15.2. The number of hydrogen-bond donors (Lipinski definition) is 1. The topological polar surface area (TPSA) is 26.0 Å². The lowest BCUT2D eigenvalue weighted by molar-refractivity contribution is 0.456. The third-order valence-corrected chi connectivity index (χ3v) is 3.44. The van der Waals surface area contributed by atoms with Crippen molar-refractivity contribution in [2.24, 2.45) is 11.7 Å². The Morgan fingerprint density at radius 3 is 2.14 bits per heavy atom. The third-order valence-electron chi connectivity index (χ3n) is 2.53. The van der Waals surface area contributed by atoms with Gasteiger partial charge < -0.3 is 5.73 Å².